The van der Waals surface area contributed by atoms with Crippen molar-refractivity contribution >= 4 is 5.69 Å². The molecule has 3 nitrogen and oxygen atoms in total. The van der Waals surface area contributed by atoms with E-state index in [4.69, 9.17) is 4.74 Å². The summed E-state index contributed by atoms with van der Waals surface area (Å²) in [5.41, 5.74) is 2.84. The second kappa shape index (κ2) is 6.59. The van der Waals surface area contributed by atoms with Crippen LogP contribution in [0, 0.1) is 5.92 Å². The molecule has 1 saturated heterocycles. The second-order valence-corrected chi connectivity index (χ2v) is 6.07. The van der Waals surface area contributed by atoms with Crippen molar-refractivity contribution < 1.29 is 4.74 Å². The third-order valence-corrected chi connectivity index (χ3v) is 4.53. The molecule has 0 aromatic heterocycles. The Morgan fingerprint density at radius 1 is 1.30 bits per heavy atom. The number of nitrogens with one attached hydrogen (secondary N) is 1. The summed E-state index contributed by atoms with van der Waals surface area (Å²) < 4.78 is 5.25. The first kappa shape index (κ1) is 13.9. The Kier molecular flexibility index (Phi) is 4.58. The molecule has 1 saturated carbocycles. The minimum Gasteiger partial charge on any atom is -0.384 e. The Balaban J connectivity index is 1.75. The van der Waals surface area contributed by atoms with Crippen LogP contribution in [0.2, 0.25) is 0 Å². The molecule has 1 aliphatic carbocycles. The van der Waals surface area contributed by atoms with E-state index in [1.807, 2.05) is 0 Å². The number of methoxy groups -OCH3 is 1. The number of hydrogen-bond donors (Lipinski definition) is 1. The lowest BCUT2D eigenvalue weighted by Gasteiger charge is -2.28. The Hall–Kier alpha value is -1.06. The Bertz CT molecular complexity index is 431. The van der Waals surface area contributed by atoms with Crippen LogP contribution < -0.4 is 10.2 Å². The van der Waals surface area contributed by atoms with Crippen molar-refractivity contribution in [1.29, 1.82) is 0 Å². The summed E-state index contributed by atoms with van der Waals surface area (Å²) in [5.74, 6) is 0.918. The van der Waals surface area contributed by atoms with E-state index in [-0.39, 0.29) is 0 Å². The summed E-state index contributed by atoms with van der Waals surface area (Å²) in [5, 5.41) is 3.74. The molecule has 0 radical (unpaired) electrons. The van der Waals surface area contributed by atoms with E-state index in [0.29, 0.717) is 6.04 Å². The molecule has 3 rings (SSSR count). The zero-order valence-corrected chi connectivity index (χ0v) is 12.5. The third-order valence-electron chi connectivity index (χ3n) is 4.53. The highest BCUT2D eigenvalue weighted by Gasteiger charge is 2.33. The van der Waals surface area contributed by atoms with Crippen LogP contribution in [0.3, 0.4) is 0 Å². The molecule has 20 heavy (non-hydrogen) atoms. The highest BCUT2D eigenvalue weighted by molar-refractivity contribution is 5.54. The van der Waals surface area contributed by atoms with Crippen LogP contribution in [0.15, 0.2) is 24.3 Å². The van der Waals surface area contributed by atoms with Gasteiger partial charge in [-0.15, -0.1) is 0 Å². The van der Waals surface area contributed by atoms with Gasteiger partial charge in [-0.05, 0) is 49.8 Å². The van der Waals surface area contributed by atoms with Gasteiger partial charge in [-0.2, -0.15) is 0 Å². The Labute approximate surface area is 122 Å². The average Bonchev–Trinajstić information content (AvgIpc) is 3.31. The standard InChI is InChI=1S/C17H26N2O/c1-20-12-9-15-5-2-3-6-17(15)19-11-4-10-18-16(13-19)14-7-8-14/h2-3,5-6,14,16,18H,4,7-13H2,1H3. The first-order valence-corrected chi connectivity index (χ1v) is 7.93. The number of para-hydroxylation sites is 1. The van der Waals surface area contributed by atoms with Crippen molar-refractivity contribution in [3.8, 4) is 0 Å². The van der Waals surface area contributed by atoms with Crippen LogP contribution in [0.5, 0.6) is 0 Å². The van der Waals surface area contributed by atoms with Crippen LogP contribution >= 0.6 is 0 Å². The van der Waals surface area contributed by atoms with E-state index < -0.39 is 0 Å². The number of rotatable bonds is 5. The maximum atomic E-state index is 5.25. The fourth-order valence-corrected chi connectivity index (χ4v) is 3.23. The summed E-state index contributed by atoms with van der Waals surface area (Å²) >= 11 is 0. The SMILES string of the molecule is COCCc1ccccc1N1CCCNC(C2CC2)C1. The van der Waals surface area contributed by atoms with Crippen molar-refractivity contribution in [3.05, 3.63) is 29.8 Å². The maximum Gasteiger partial charge on any atom is 0.0503 e. The number of benzene rings is 1. The fraction of sp³-hybridized carbons (Fsp3) is 0.647. The number of anilines is 1. The van der Waals surface area contributed by atoms with Crippen LogP contribution in [0.25, 0.3) is 0 Å². The molecule has 0 bridgehead atoms. The molecule has 2 aliphatic rings. The van der Waals surface area contributed by atoms with Gasteiger partial charge < -0.3 is 15.0 Å². The van der Waals surface area contributed by atoms with E-state index >= 15 is 0 Å². The zero-order chi connectivity index (χ0) is 13.8. The van der Waals surface area contributed by atoms with Crippen LogP contribution in [0.4, 0.5) is 5.69 Å². The highest BCUT2D eigenvalue weighted by atomic mass is 16.5. The van der Waals surface area contributed by atoms with E-state index in [0.717, 1.165) is 32.0 Å². The molecule has 1 aliphatic heterocycles. The summed E-state index contributed by atoms with van der Waals surface area (Å²) in [6.07, 6.45) is 5.07. The molecule has 0 amide bonds. The topological polar surface area (TPSA) is 24.5 Å². The van der Waals surface area contributed by atoms with Crippen LogP contribution in [0.1, 0.15) is 24.8 Å². The van der Waals surface area contributed by atoms with Crippen molar-refractivity contribution in [2.75, 3.05) is 38.3 Å². The molecule has 1 heterocycles. The van der Waals surface area contributed by atoms with E-state index in [1.165, 1.54) is 37.1 Å². The number of nitrogens with zero attached hydrogens (tertiary/aromatic N) is 1. The molecule has 0 spiro atoms. The van der Waals surface area contributed by atoms with Gasteiger partial charge in [0.25, 0.3) is 0 Å². The van der Waals surface area contributed by atoms with Gasteiger partial charge in [0.05, 0.1) is 6.61 Å². The predicted octanol–water partition coefficient (Wildman–Crippen LogP) is 2.45. The molecule has 2 fully saturated rings. The molecule has 1 aromatic rings. The number of ether oxygens (including phenoxy) is 1. The van der Waals surface area contributed by atoms with Gasteiger partial charge in [0.1, 0.15) is 0 Å². The molecule has 1 N–H and O–H groups in total. The first-order valence-electron chi connectivity index (χ1n) is 7.93. The quantitative estimate of drug-likeness (QED) is 0.892. The largest absolute Gasteiger partial charge is 0.384 e. The second-order valence-electron chi connectivity index (χ2n) is 6.07. The predicted molar refractivity (Wildman–Crippen MR) is 83.4 cm³/mol. The van der Waals surface area contributed by atoms with Gasteiger partial charge in [0, 0.05) is 31.9 Å². The lowest BCUT2D eigenvalue weighted by atomic mass is 10.1. The first-order chi connectivity index (χ1) is 9.88. The molecule has 1 unspecified atom stereocenters. The summed E-state index contributed by atoms with van der Waals surface area (Å²) in [4.78, 5) is 2.59. The normalized spacial score (nSPS) is 23.6. The molecular weight excluding hydrogens is 248 g/mol. The molecule has 1 aromatic carbocycles. The highest BCUT2D eigenvalue weighted by Crippen LogP contribution is 2.34. The van der Waals surface area contributed by atoms with Crippen LogP contribution in [-0.2, 0) is 11.2 Å². The van der Waals surface area contributed by atoms with Crippen LogP contribution in [-0.4, -0.2) is 39.4 Å². The molecule has 1 atom stereocenters. The fourth-order valence-electron chi connectivity index (χ4n) is 3.23. The Morgan fingerprint density at radius 2 is 2.15 bits per heavy atom. The van der Waals surface area contributed by atoms with Crippen molar-refractivity contribution in [2.45, 2.75) is 31.7 Å². The zero-order valence-electron chi connectivity index (χ0n) is 12.5. The van der Waals surface area contributed by atoms with Gasteiger partial charge in [-0.3, -0.25) is 0 Å². The van der Waals surface area contributed by atoms with Gasteiger partial charge in [0.15, 0.2) is 0 Å². The molecule has 3 heteroatoms. The van der Waals surface area contributed by atoms with E-state index in [1.54, 1.807) is 7.11 Å². The summed E-state index contributed by atoms with van der Waals surface area (Å²) in [7, 11) is 1.78. The van der Waals surface area contributed by atoms with Crippen molar-refractivity contribution in [1.82, 2.24) is 5.32 Å². The minimum absolute atomic E-state index is 0.688. The van der Waals surface area contributed by atoms with Gasteiger partial charge in [-0.1, -0.05) is 18.2 Å². The van der Waals surface area contributed by atoms with Crippen molar-refractivity contribution in [3.63, 3.8) is 0 Å². The van der Waals surface area contributed by atoms with Gasteiger partial charge in [-0.25, -0.2) is 0 Å². The summed E-state index contributed by atoms with van der Waals surface area (Å²) in [6.45, 7) is 4.29. The average molecular weight is 274 g/mol. The van der Waals surface area contributed by atoms with Gasteiger partial charge in [0.2, 0.25) is 0 Å². The smallest absolute Gasteiger partial charge is 0.0503 e. The van der Waals surface area contributed by atoms with Crippen molar-refractivity contribution in [2.24, 2.45) is 5.92 Å². The lowest BCUT2D eigenvalue weighted by molar-refractivity contribution is 0.202. The lowest BCUT2D eigenvalue weighted by Crippen LogP contribution is -2.39. The molecular formula is C17H26N2O. The van der Waals surface area contributed by atoms with E-state index in [2.05, 4.69) is 34.5 Å². The monoisotopic (exact) mass is 274 g/mol. The summed E-state index contributed by atoms with van der Waals surface area (Å²) in [6, 6.07) is 9.52. The minimum atomic E-state index is 0.688. The van der Waals surface area contributed by atoms with Gasteiger partial charge >= 0.3 is 0 Å². The van der Waals surface area contributed by atoms with E-state index in [9.17, 15) is 0 Å². The third kappa shape index (κ3) is 3.33. The Morgan fingerprint density at radius 3 is 2.95 bits per heavy atom. The maximum absolute atomic E-state index is 5.25. The number of hydrogen-bond acceptors (Lipinski definition) is 3. The molecule has 110 valence electrons.